The topological polar surface area (TPSA) is 0 Å². The molecule has 0 heterocycles. The molecule has 1 radical (unpaired) electrons. The molecular formula is C26H55Ge. The van der Waals surface area contributed by atoms with E-state index in [2.05, 4.69) is 29.4 Å². The molecule has 0 aromatic rings. The van der Waals surface area contributed by atoms with Crippen LogP contribution in [0.3, 0.4) is 0 Å². The monoisotopic (exact) mass is 441 g/mol. The zero-order valence-corrected chi connectivity index (χ0v) is 22.0. The summed E-state index contributed by atoms with van der Waals surface area (Å²) in [6.07, 6.45) is 30.9. The minimum atomic E-state index is -1.35. The van der Waals surface area contributed by atoms with Crippen molar-refractivity contribution in [1.82, 2.24) is 0 Å². The van der Waals surface area contributed by atoms with Crippen molar-refractivity contribution in [2.24, 2.45) is 0 Å². The fourth-order valence-electron chi connectivity index (χ4n) is 3.93. The maximum absolute atomic E-state index is 2.68. The zero-order chi connectivity index (χ0) is 20.1. The fraction of sp³-hybridized carbons (Fsp3) is 0.962. The molecule has 0 rings (SSSR count). The van der Waals surface area contributed by atoms with Crippen LogP contribution in [0.2, 0.25) is 17.3 Å². The molecule has 0 N–H and O–H groups in total. The Balaban J connectivity index is 3.01. The molecule has 0 aliphatic heterocycles. The predicted octanol–water partition coefficient (Wildman–Crippen LogP) is 10.3. The van der Waals surface area contributed by atoms with Gasteiger partial charge in [-0.2, -0.15) is 0 Å². The van der Waals surface area contributed by atoms with Crippen LogP contribution in [0.5, 0.6) is 0 Å². The van der Waals surface area contributed by atoms with Crippen molar-refractivity contribution < 1.29 is 0 Å². The molecule has 0 spiro atoms. The molecule has 0 fully saturated rings. The number of hydrogen-bond acceptors (Lipinski definition) is 0. The van der Waals surface area contributed by atoms with Crippen LogP contribution >= 0.6 is 0 Å². The molecule has 0 nitrogen and oxygen atoms in total. The maximum atomic E-state index is 2.68. The first-order valence-electron chi connectivity index (χ1n) is 12.9. The summed E-state index contributed by atoms with van der Waals surface area (Å²) >= 11 is -1.35. The van der Waals surface area contributed by atoms with E-state index in [4.69, 9.17) is 0 Å². The van der Waals surface area contributed by atoms with Crippen molar-refractivity contribution >= 4 is 13.3 Å². The van der Waals surface area contributed by atoms with Crippen molar-refractivity contribution in [1.29, 1.82) is 0 Å². The molecule has 1 heteroatoms. The summed E-state index contributed by atoms with van der Waals surface area (Å²) in [6.45, 7) is 2.30. The molecule has 0 amide bonds. The van der Waals surface area contributed by atoms with Gasteiger partial charge < -0.3 is 0 Å². The van der Waals surface area contributed by atoms with E-state index in [1.165, 1.54) is 135 Å². The molecule has 0 aromatic heterocycles. The van der Waals surface area contributed by atoms with Crippen LogP contribution in [0, 0.1) is 5.25 Å². The Morgan fingerprint density at radius 1 is 0.407 bits per heavy atom. The van der Waals surface area contributed by atoms with Crippen LogP contribution in [-0.2, 0) is 0 Å². The average molecular weight is 440 g/mol. The molecule has 0 saturated heterocycles. The molecular weight excluding hydrogens is 385 g/mol. The van der Waals surface area contributed by atoms with Gasteiger partial charge >= 0.3 is 106 Å². The van der Waals surface area contributed by atoms with Gasteiger partial charge in [0.2, 0.25) is 0 Å². The summed E-state index contributed by atoms with van der Waals surface area (Å²) in [6, 6.07) is 0. The summed E-state index contributed by atoms with van der Waals surface area (Å²) in [5.41, 5.74) is 0. The number of rotatable bonds is 22. The summed E-state index contributed by atoms with van der Waals surface area (Å²) < 4.78 is 0. The van der Waals surface area contributed by atoms with Gasteiger partial charge in [0.25, 0.3) is 0 Å². The van der Waals surface area contributed by atoms with Gasteiger partial charge in [0.15, 0.2) is 0 Å². The van der Waals surface area contributed by atoms with Gasteiger partial charge in [-0.05, 0) is 0 Å². The molecule has 0 unspecified atom stereocenters. The summed E-state index contributed by atoms with van der Waals surface area (Å²) in [5, 5.41) is 2.68. The summed E-state index contributed by atoms with van der Waals surface area (Å²) in [4.78, 5) is 0. The molecule has 0 aromatic carbocycles. The molecule has 0 saturated carbocycles. The van der Waals surface area contributed by atoms with Gasteiger partial charge in [-0.25, -0.2) is 0 Å². The molecule has 163 valence electrons. The van der Waals surface area contributed by atoms with Gasteiger partial charge in [0.05, 0.1) is 0 Å². The summed E-state index contributed by atoms with van der Waals surface area (Å²) in [5.74, 6) is 7.49. The van der Waals surface area contributed by atoms with Gasteiger partial charge in [0, 0.05) is 0 Å². The van der Waals surface area contributed by atoms with Crippen LogP contribution in [0.25, 0.3) is 0 Å². The third-order valence-corrected chi connectivity index (χ3v) is 8.99. The Labute approximate surface area is 177 Å². The molecule has 0 aliphatic rings. The van der Waals surface area contributed by atoms with Crippen LogP contribution in [-0.4, -0.2) is 13.3 Å². The van der Waals surface area contributed by atoms with E-state index < -0.39 is 13.3 Å². The second-order valence-electron chi connectivity index (χ2n) is 10.1. The van der Waals surface area contributed by atoms with E-state index in [-0.39, 0.29) is 0 Å². The van der Waals surface area contributed by atoms with Crippen LogP contribution in [0.4, 0.5) is 0 Å². The second kappa shape index (κ2) is 21.3. The van der Waals surface area contributed by atoms with Gasteiger partial charge in [0.1, 0.15) is 0 Å². The normalized spacial score (nSPS) is 12.0. The Morgan fingerprint density at radius 2 is 0.667 bits per heavy atom. The quantitative estimate of drug-likeness (QED) is 0.116. The third kappa shape index (κ3) is 26.5. The predicted molar refractivity (Wildman–Crippen MR) is 130 cm³/mol. The van der Waals surface area contributed by atoms with E-state index in [0.29, 0.717) is 0 Å². The Hall–Kier alpha value is 0.543. The molecule has 27 heavy (non-hydrogen) atoms. The van der Waals surface area contributed by atoms with Gasteiger partial charge in [-0.1, -0.05) is 71.1 Å². The van der Waals surface area contributed by atoms with E-state index in [1.807, 2.05) is 0 Å². The first-order chi connectivity index (χ1) is 13.1. The van der Waals surface area contributed by atoms with Crippen molar-refractivity contribution in [3.63, 3.8) is 0 Å². The second-order valence-corrected chi connectivity index (χ2v) is 20.9. The first kappa shape index (κ1) is 27.5. The van der Waals surface area contributed by atoms with Crippen molar-refractivity contribution in [3.05, 3.63) is 5.25 Å². The standard InChI is InChI=1S/C26H55Ge/c1-5-6-7-8-9-10-11-12-13-14-15-16-17-18-19-20-21-22-23-24-25-26-27(2,3)4/h26H,5-25H2,1-4H3. The van der Waals surface area contributed by atoms with Gasteiger partial charge in [-0.3, -0.25) is 0 Å². The third-order valence-electron chi connectivity index (χ3n) is 5.81. The van der Waals surface area contributed by atoms with Crippen LogP contribution < -0.4 is 0 Å². The average Bonchev–Trinajstić information content (AvgIpc) is 2.62. The Bertz CT molecular complexity index is 266. The van der Waals surface area contributed by atoms with E-state index in [1.54, 1.807) is 0 Å². The Kier molecular flexibility index (Phi) is 21.7. The SMILES string of the molecule is CCCCCCCCCCCCCCCCCCCCCC[CH][Ge]([CH3])([CH3])[CH3]. The number of unbranched alkanes of at least 4 members (excludes halogenated alkanes) is 20. The van der Waals surface area contributed by atoms with Crippen molar-refractivity contribution in [3.8, 4) is 0 Å². The van der Waals surface area contributed by atoms with Crippen molar-refractivity contribution in [2.45, 2.75) is 159 Å². The zero-order valence-electron chi connectivity index (χ0n) is 19.9. The van der Waals surface area contributed by atoms with E-state index in [9.17, 15) is 0 Å². The fourth-order valence-corrected chi connectivity index (χ4v) is 6.18. The van der Waals surface area contributed by atoms with E-state index in [0.717, 1.165) is 0 Å². The van der Waals surface area contributed by atoms with Crippen LogP contribution in [0.1, 0.15) is 142 Å². The molecule has 0 bridgehead atoms. The van der Waals surface area contributed by atoms with Gasteiger partial charge in [-0.15, -0.1) is 0 Å². The van der Waals surface area contributed by atoms with Crippen molar-refractivity contribution in [2.75, 3.05) is 0 Å². The molecule has 0 atom stereocenters. The Morgan fingerprint density at radius 3 is 0.926 bits per heavy atom. The minimum absolute atomic E-state index is 1.35. The van der Waals surface area contributed by atoms with Crippen LogP contribution in [0.15, 0.2) is 0 Å². The summed E-state index contributed by atoms with van der Waals surface area (Å²) in [7, 11) is 0. The van der Waals surface area contributed by atoms with E-state index >= 15 is 0 Å². The first-order valence-corrected chi connectivity index (χ1v) is 20.4. The molecule has 0 aliphatic carbocycles. The number of hydrogen-bond donors (Lipinski definition) is 0.